The van der Waals surface area contributed by atoms with E-state index in [1.165, 1.54) is 37.8 Å². The van der Waals surface area contributed by atoms with Crippen molar-refractivity contribution in [3.05, 3.63) is 22.2 Å². The summed E-state index contributed by atoms with van der Waals surface area (Å²) >= 11 is 5.28. The van der Waals surface area contributed by atoms with Gasteiger partial charge in [-0.1, -0.05) is 44.8 Å². The molecule has 1 aliphatic rings. The van der Waals surface area contributed by atoms with E-state index < -0.39 is 0 Å². The van der Waals surface area contributed by atoms with Crippen molar-refractivity contribution in [2.45, 2.75) is 58.0 Å². The average molecular weight is 280 g/mol. The normalized spacial score (nSPS) is 18.4. The SMILES string of the molecule is CCCc1cc(=S)nc(C(OC)C2CCCCC2)[nH]1. The first-order valence-corrected chi connectivity index (χ1v) is 7.78. The van der Waals surface area contributed by atoms with Crippen LogP contribution in [0.15, 0.2) is 6.07 Å². The standard InChI is InChI=1S/C15H24N2OS/c1-3-7-12-10-13(19)17-15(16-12)14(18-2)11-8-5-4-6-9-11/h10-11,14H,3-9H2,1-2H3,(H,16,17,19). The third-order valence-corrected chi connectivity index (χ3v) is 4.15. The summed E-state index contributed by atoms with van der Waals surface area (Å²) in [5.41, 5.74) is 1.18. The van der Waals surface area contributed by atoms with Crippen molar-refractivity contribution in [3.8, 4) is 0 Å². The van der Waals surface area contributed by atoms with E-state index in [1.807, 2.05) is 6.07 Å². The number of H-pyrrole nitrogens is 1. The Morgan fingerprint density at radius 2 is 2.16 bits per heavy atom. The van der Waals surface area contributed by atoms with Crippen molar-refractivity contribution >= 4 is 12.2 Å². The van der Waals surface area contributed by atoms with Crippen molar-refractivity contribution in [2.24, 2.45) is 5.92 Å². The minimum absolute atomic E-state index is 0.0683. The number of aromatic amines is 1. The van der Waals surface area contributed by atoms with E-state index >= 15 is 0 Å². The van der Waals surface area contributed by atoms with E-state index in [2.05, 4.69) is 16.9 Å². The first-order valence-electron chi connectivity index (χ1n) is 7.37. The van der Waals surface area contributed by atoms with Gasteiger partial charge in [0.05, 0.1) is 0 Å². The zero-order valence-electron chi connectivity index (χ0n) is 11.9. The number of hydrogen-bond acceptors (Lipinski definition) is 3. The van der Waals surface area contributed by atoms with Crippen LogP contribution in [-0.4, -0.2) is 17.1 Å². The Morgan fingerprint density at radius 1 is 1.42 bits per heavy atom. The molecule has 1 atom stereocenters. The van der Waals surface area contributed by atoms with Gasteiger partial charge in [0.25, 0.3) is 0 Å². The van der Waals surface area contributed by atoms with Crippen LogP contribution in [0.5, 0.6) is 0 Å². The lowest BCUT2D eigenvalue weighted by molar-refractivity contribution is 0.0287. The van der Waals surface area contributed by atoms with Crippen LogP contribution in [0.3, 0.4) is 0 Å². The second-order valence-corrected chi connectivity index (χ2v) is 5.85. The lowest BCUT2D eigenvalue weighted by Crippen LogP contribution is -2.20. The van der Waals surface area contributed by atoms with Gasteiger partial charge in [-0.25, -0.2) is 4.98 Å². The summed E-state index contributed by atoms with van der Waals surface area (Å²) in [6.07, 6.45) is 8.62. The Bertz CT molecular complexity index is 452. The molecule has 1 aliphatic carbocycles. The zero-order chi connectivity index (χ0) is 13.7. The Labute approximate surface area is 120 Å². The van der Waals surface area contributed by atoms with Crippen LogP contribution < -0.4 is 0 Å². The minimum atomic E-state index is 0.0683. The van der Waals surface area contributed by atoms with Gasteiger partial charge < -0.3 is 9.72 Å². The van der Waals surface area contributed by atoms with E-state index in [0.29, 0.717) is 10.6 Å². The molecule has 1 aromatic rings. The van der Waals surface area contributed by atoms with E-state index in [9.17, 15) is 0 Å². The van der Waals surface area contributed by atoms with Gasteiger partial charge in [0, 0.05) is 12.8 Å². The molecule has 0 saturated heterocycles. The van der Waals surface area contributed by atoms with Gasteiger partial charge in [-0.05, 0) is 31.2 Å². The molecule has 1 unspecified atom stereocenters. The highest BCUT2D eigenvalue weighted by Crippen LogP contribution is 2.35. The van der Waals surface area contributed by atoms with Gasteiger partial charge in [0.15, 0.2) is 0 Å². The monoisotopic (exact) mass is 280 g/mol. The van der Waals surface area contributed by atoms with Crippen LogP contribution >= 0.6 is 12.2 Å². The fourth-order valence-electron chi connectivity index (χ4n) is 3.03. The summed E-state index contributed by atoms with van der Waals surface area (Å²) in [7, 11) is 1.78. The van der Waals surface area contributed by atoms with Gasteiger partial charge in [-0.2, -0.15) is 0 Å². The first kappa shape index (κ1) is 14.7. The number of nitrogens with zero attached hydrogens (tertiary/aromatic N) is 1. The molecule has 3 nitrogen and oxygen atoms in total. The molecule has 19 heavy (non-hydrogen) atoms. The quantitative estimate of drug-likeness (QED) is 0.814. The number of rotatable bonds is 5. The van der Waals surface area contributed by atoms with Crippen LogP contribution in [0.25, 0.3) is 0 Å². The second kappa shape index (κ2) is 7.15. The van der Waals surface area contributed by atoms with Crippen molar-refractivity contribution in [3.63, 3.8) is 0 Å². The molecule has 1 heterocycles. The van der Waals surface area contributed by atoms with Crippen LogP contribution in [0.1, 0.15) is 63.1 Å². The molecule has 0 aliphatic heterocycles. The van der Waals surface area contributed by atoms with Crippen molar-refractivity contribution < 1.29 is 4.74 Å². The second-order valence-electron chi connectivity index (χ2n) is 5.43. The third kappa shape index (κ3) is 3.86. The zero-order valence-corrected chi connectivity index (χ0v) is 12.8. The molecule has 1 saturated carbocycles. The fourth-order valence-corrected chi connectivity index (χ4v) is 3.27. The van der Waals surface area contributed by atoms with Crippen LogP contribution in [-0.2, 0) is 11.2 Å². The van der Waals surface area contributed by atoms with E-state index in [4.69, 9.17) is 17.0 Å². The average Bonchev–Trinajstić information content (AvgIpc) is 2.40. The summed E-state index contributed by atoms with van der Waals surface area (Å²) in [6.45, 7) is 2.17. The number of ether oxygens (including phenoxy) is 1. The predicted molar refractivity (Wildman–Crippen MR) is 79.7 cm³/mol. The van der Waals surface area contributed by atoms with Crippen LogP contribution in [0.4, 0.5) is 0 Å². The Kier molecular flexibility index (Phi) is 5.52. The summed E-state index contributed by atoms with van der Waals surface area (Å²) in [6, 6.07) is 1.97. The minimum Gasteiger partial charge on any atom is -0.373 e. The summed E-state index contributed by atoms with van der Waals surface area (Å²) in [5.74, 6) is 1.50. The molecule has 0 bridgehead atoms. The molecule has 0 spiro atoms. The maximum atomic E-state index is 5.72. The molecular formula is C15H24N2OS. The molecule has 0 radical (unpaired) electrons. The van der Waals surface area contributed by atoms with Crippen LogP contribution in [0.2, 0.25) is 0 Å². The van der Waals surface area contributed by atoms with Crippen molar-refractivity contribution in [1.82, 2.24) is 9.97 Å². The molecule has 1 aromatic heterocycles. The fraction of sp³-hybridized carbons (Fsp3) is 0.733. The Balaban J connectivity index is 2.23. The highest BCUT2D eigenvalue weighted by atomic mass is 32.1. The smallest absolute Gasteiger partial charge is 0.137 e. The molecule has 0 amide bonds. The van der Waals surface area contributed by atoms with Crippen molar-refractivity contribution in [1.29, 1.82) is 0 Å². The van der Waals surface area contributed by atoms with Gasteiger partial charge in [-0.3, -0.25) is 0 Å². The molecule has 2 rings (SSSR count). The topological polar surface area (TPSA) is 37.9 Å². The van der Waals surface area contributed by atoms with Gasteiger partial charge in [0.1, 0.15) is 16.6 Å². The van der Waals surface area contributed by atoms with Crippen molar-refractivity contribution in [2.75, 3.05) is 7.11 Å². The number of hydrogen-bond donors (Lipinski definition) is 1. The third-order valence-electron chi connectivity index (χ3n) is 3.94. The van der Waals surface area contributed by atoms with E-state index in [-0.39, 0.29) is 6.10 Å². The highest BCUT2D eigenvalue weighted by molar-refractivity contribution is 7.71. The van der Waals surface area contributed by atoms with E-state index in [1.54, 1.807) is 7.11 Å². The molecular weight excluding hydrogens is 256 g/mol. The number of methoxy groups -OCH3 is 1. The number of aryl methyl sites for hydroxylation is 1. The maximum Gasteiger partial charge on any atom is 0.137 e. The maximum absolute atomic E-state index is 5.72. The largest absolute Gasteiger partial charge is 0.373 e. The highest BCUT2D eigenvalue weighted by Gasteiger charge is 2.26. The summed E-state index contributed by atoms with van der Waals surface area (Å²) in [4.78, 5) is 7.93. The first-order chi connectivity index (χ1) is 9.24. The number of nitrogens with one attached hydrogen (secondary N) is 1. The molecule has 4 heteroatoms. The molecule has 0 aromatic carbocycles. The Morgan fingerprint density at radius 3 is 2.79 bits per heavy atom. The lowest BCUT2D eigenvalue weighted by atomic mass is 9.85. The van der Waals surface area contributed by atoms with E-state index in [0.717, 1.165) is 18.7 Å². The molecule has 1 N–H and O–H groups in total. The van der Waals surface area contributed by atoms with Gasteiger partial charge in [-0.15, -0.1) is 0 Å². The summed E-state index contributed by atoms with van der Waals surface area (Å²) in [5, 5.41) is 0. The van der Waals surface area contributed by atoms with Crippen LogP contribution in [0, 0.1) is 10.6 Å². The predicted octanol–water partition coefficient (Wildman–Crippen LogP) is 4.36. The molecule has 1 fully saturated rings. The summed E-state index contributed by atoms with van der Waals surface area (Å²) < 4.78 is 6.40. The van der Waals surface area contributed by atoms with Gasteiger partial charge in [0.2, 0.25) is 0 Å². The molecule has 106 valence electrons. The number of aromatic nitrogens is 2. The lowest BCUT2D eigenvalue weighted by Gasteiger charge is -2.28. The Hall–Kier alpha value is -0.740. The van der Waals surface area contributed by atoms with Gasteiger partial charge >= 0.3 is 0 Å².